The molecule has 134 valence electrons. The van der Waals surface area contributed by atoms with E-state index in [0.717, 1.165) is 32.3 Å². The van der Waals surface area contributed by atoms with E-state index in [0.29, 0.717) is 30.9 Å². The maximum Gasteiger partial charge on any atom is 0.208 e. The Morgan fingerprint density at radius 1 is 1.25 bits per heavy atom. The molecular formula is C16H24FN3O3S. The fourth-order valence-corrected chi connectivity index (χ4v) is 3.27. The van der Waals surface area contributed by atoms with Crippen molar-refractivity contribution in [1.82, 2.24) is 9.62 Å². The van der Waals surface area contributed by atoms with Crippen molar-refractivity contribution in [2.24, 2.45) is 0 Å². The monoisotopic (exact) mass is 357 g/mol. The van der Waals surface area contributed by atoms with Gasteiger partial charge >= 0.3 is 0 Å². The van der Waals surface area contributed by atoms with Crippen LogP contribution in [0.5, 0.6) is 0 Å². The summed E-state index contributed by atoms with van der Waals surface area (Å²) in [6.07, 6.45) is 1.90. The van der Waals surface area contributed by atoms with E-state index in [1.54, 1.807) is 12.1 Å². The summed E-state index contributed by atoms with van der Waals surface area (Å²) in [5.41, 5.74) is 0.909. The Morgan fingerprint density at radius 2 is 1.92 bits per heavy atom. The van der Waals surface area contributed by atoms with Crippen LogP contribution in [0.4, 0.5) is 10.1 Å². The summed E-state index contributed by atoms with van der Waals surface area (Å²) < 4.78 is 38.6. The minimum absolute atomic E-state index is 0.145. The topological polar surface area (TPSA) is 69.7 Å². The number of benzene rings is 1. The number of halogens is 1. The predicted molar refractivity (Wildman–Crippen MR) is 92.5 cm³/mol. The molecule has 1 aromatic carbocycles. The van der Waals surface area contributed by atoms with E-state index in [2.05, 4.69) is 9.62 Å². The molecule has 1 N–H and O–H groups in total. The van der Waals surface area contributed by atoms with Gasteiger partial charge in [0.15, 0.2) is 5.78 Å². The number of anilines is 1. The van der Waals surface area contributed by atoms with Crippen LogP contribution >= 0.6 is 0 Å². The largest absolute Gasteiger partial charge is 0.367 e. The summed E-state index contributed by atoms with van der Waals surface area (Å²) in [6, 6.07) is 4.61. The standard InChI is InChI=1S/C16H24FN3O3S/c1-13(21)14-4-5-16(15(17)12-14)20-10-8-19(9-11-20)7-3-6-18-24(2,22)23/h4-5,12,18H,3,6-11H2,1-2H3. The lowest BCUT2D eigenvalue weighted by Crippen LogP contribution is -2.47. The van der Waals surface area contributed by atoms with Crippen molar-refractivity contribution in [3.8, 4) is 0 Å². The second-order valence-corrected chi connectivity index (χ2v) is 7.90. The van der Waals surface area contributed by atoms with Gasteiger partial charge in [-0.15, -0.1) is 0 Å². The Labute approximate surface area is 142 Å². The van der Waals surface area contributed by atoms with Crippen LogP contribution in [0.2, 0.25) is 0 Å². The smallest absolute Gasteiger partial charge is 0.208 e. The molecular weight excluding hydrogens is 333 g/mol. The zero-order chi connectivity index (χ0) is 17.7. The van der Waals surface area contributed by atoms with Crippen LogP contribution in [-0.2, 0) is 10.0 Å². The number of nitrogens with zero attached hydrogens (tertiary/aromatic N) is 2. The third-order valence-corrected chi connectivity index (χ3v) is 4.81. The molecule has 0 aromatic heterocycles. The van der Waals surface area contributed by atoms with Gasteiger partial charge < -0.3 is 4.90 Å². The van der Waals surface area contributed by atoms with Crippen LogP contribution in [0.3, 0.4) is 0 Å². The average molecular weight is 357 g/mol. The van der Waals surface area contributed by atoms with Gasteiger partial charge in [-0.2, -0.15) is 0 Å². The second kappa shape index (κ2) is 8.04. The minimum atomic E-state index is -3.13. The molecule has 6 nitrogen and oxygen atoms in total. The van der Waals surface area contributed by atoms with Crippen molar-refractivity contribution in [2.45, 2.75) is 13.3 Å². The van der Waals surface area contributed by atoms with Crippen molar-refractivity contribution in [3.05, 3.63) is 29.6 Å². The summed E-state index contributed by atoms with van der Waals surface area (Å²) in [7, 11) is -3.13. The van der Waals surface area contributed by atoms with Crippen LogP contribution in [0.1, 0.15) is 23.7 Å². The van der Waals surface area contributed by atoms with E-state index in [-0.39, 0.29) is 11.6 Å². The number of carbonyl (C=O) groups is 1. The summed E-state index contributed by atoms with van der Waals surface area (Å²) in [6.45, 7) is 5.67. The molecule has 1 fully saturated rings. The molecule has 2 rings (SSSR count). The Kier molecular flexibility index (Phi) is 6.31. The number of piperazine rings is 1. The van der Waals surface area contributed by atoms with Gasteiger partial charge in [0, 0.05) is 38.3 Å². The van der Waals surface area contributed by atoms with E-state index >= 15 is 0 Å². The summed E-state index contributed by atoms with van der Waals surface area (Å²) in [5.74, 6) is -0.513. The molecule has 0 spiro atoms. The van der Waals surface area contributed by atoms with Crippen molar-refractivity contribution < 1.29 is 17.6 Å². The van der Waals surface area contributed by atoms with Gasteiger partial charge in [0.25, 0.3) is 0 Å². The maximum atomic E-state index is 14.2. The van der Waals surface area contributed by atoms with E-state index < -0.39 is 10.0 Å². The molecule has 1 aromatic rings. The van der Waals surface area contributed by atoms with Crippen molar-refractivity contribution >= 4 is 21.5 Å². The third kappa shape index (κ3) is 5.54. The molecule has 0 unspecified atom stereocenters. The zero-order valence-corrected chi connectivity index (χ0v) is 14.9. The summed E-state index contributed by atoms with van der Waals surface area (Å²) in [5, 5.41) is 0. The number of carbonyl (C=O) groups excluding carboxylic acids is 1. The normalized spacial score (nSPS) is 16.4. The Bertz CT molecular complexity index is 686. The lowest BCUT2D eigenvalue weighted by Gasteiger charge is -2.36. The molecule has 0 saturated carbocycles. The maximum absolute atomic E-state index is 14.2. The lowest BCUT2D eigenvalue weighted by molar-refractivity contribution is 0.101. The number of hydrogen-bond acceptors (Lipinski definition) is 5. The number of sulfonamides is 1. The first-order valence-corrected chi connectivity index (χ1v) is 9.88. The number of Topliss-reactive ketones (excluding diaryl/α,β-unsaturated/α-hetero) is 1. The first-order valence-electron chi connectivity index (χ1n) is 7.99. The van der Waals surface area contributed by atoms with Crippen LogP contribution in [0.25, 0.3) is 0 Å². The van der Waals surface area contributed by atoms with Crippen molar-refractivity contribution in [3.63, 3.8) is 0 Å². The number of nitrogens with one attached hydrogen (secondary N) is 1. The highest BCUT2D eigenvalue weighted by molar-refractivity contribution is 7.88. The fraction of sp³-hybridized carbons (Fsp3) is 0.562. The van der Waals surface area contributed by atoms with Gasteiger partial charge in [0.2, 0.25) is 10.0 Å². The molecule has 1 heterocycles. The summed E-state index contributed by atoms with van der Waals surface area (Å²) in [4.78, 5) is 15.5. The van der Waals surface area contributed by atoms with Crippen LogP contribution in [0, 0.1) is 5.82 Å². The number of hydrogen-bond donors (Lipinski definition) is 1. The molecule has 0 bridgehead atoms. The second-order valence-electron chi connectivity index (χ2n) is 6.07. The molecule has 0 atom stereocenters. The van der Waals surface area contributed by atoms with Gasteiger partial charge in [0.1, 0.15) is 5.82 Å². The molecule has 1 saturated heterocycles. The van der Waals surface area contributed by atoms with Gasteiger partial charge in [-0.25, -0.2) is 17.5 Å². The highest BCUT2D eigenvalue weighted by Crippen LogP contribution is 2.22. The van der Waals surface area contributed by atoms with Crippen molar-refractivity contribution in [2.75, 3.05) is 50.4 Å². The van der Waals surface area contributed by atoms with Gasteiger partial charge in [-0.05, 0) is 38.1 Å². The number of rotatable bonds is 7. The summed E-state index contributed by atoms with van der Waals surface area (Å²) >= 11 is 0. The Hall–Kier alpha value is -1.51. The SMILES string of the molecule is CC(=O)c1ccc(N2CCN(CCCNS(C)(=O)=O)CC2)c(F)c1. The quantitative estimate of drug-likeness (QED) is 0.584. The highest BCUT2D eigenvalue weighted by atomic mass is 32.2. The van der Waals surface area contributed by atoms with Gasteiger partial charge in [-0.1, -0.05) is 0 Å². The predicted octanol–water partition coefficient (Wildman–Crippen LogP) is 1.09. The van der Waals surface area contributed by atoms with E-state index in [1.807, 2.05) is 4.90 Å². The van der Waals surface area contributed by atoms with Crippen molar-refractivity contribution in [1.29, 1.82) is 0 Å². The molecule has 24 heavy (non-hydrogen) atoms. The molecule has 0 amide bonds. The molecule has 1 aliphatic rings. The Balaban J connectivity index is 1.81. The molecule has 1 aliphatic heterocycles. The van der Waals surface area contributed by atoms with Crippen LogP contribution in [-0.4, -0.2) is 64.6 Å². The third-order valence-electron chi connectivity index (χ3n) is 4.08. The fourth-order valence-electron chi connectivity index (χ4n) is 2.75. The van der Waals surface area contributed by atoms with E-state index in [4.69, 9.17) is 0 Å². The van der Waals surface area contributed by atoms with Crippen LogP contribution < -0.4 is 9.62 Å². The van der Waals surface area contributed by atoms with E-state index in [1.165, 1.54) is 13.0 Å². The average Bonchev–Trinajstić information content (AvgIpc) is 2.51. The van der Waals surface area contributed by atoms with E-state index in [9.17, 15) is 17.6 Å². The lowest BCUT2D eigenvalue weighted by atomic mass is 10.1. The number of ketones is 1. The minimum Gasteiger partial charge on any atom is -0.367 e. The van der Waals surface area contributed by atoms with Crippen LogP contribution in [0.15, 0.2) is 18.2 Å². The first kappa shape index (κ1) is 18.8. The highest BCUT2D eigenvalue weighted by Gasteiger charge is 2.19. The zero-order valence-electron chi connectivity index (χ0n) is 14.1. The van der Waals surface area contributed by atoms with Gasteiger partial charge in [0.05, 0.1) is 11.9 Å². The first-order chi connectivity index (χ1) is 11.3. The van der Waals surface area contributed by atoms with Gasteiger partial charge in [-0.3, -0.25) is 9.69 Å². The molecule has 0 aliphatic carbocycles. The Morgan fingerprint density at radius 3 is 2.46 bits per heavy atom. The molecule has 8 heteroatoms. The molecule has 0 radical (unpaired) electrons.